The standard InChI is InChI=1S/C10H14BrNOS/c1-2-7(6-12)5-9(13)10-8(11)3-4-14-10/h3-4,7H,2,5-6,12H2,1H3. The molecule has 2 nitrogen and oxygen atoms in total. The second-order valence-corrected chi connectivity index (χ2v) is 5.01. The highest BCUT2D eigenvalue weighted by atomic mass is 79.9. The Labute approximate surface area is 96.6 Å². The minimum Gasteiger partial charge on any atom is -0.330 e. The molecule has 0 bridgehead atoms. The Morgan fingerprint density at radius 3 is 2.86 bits per heavy atom. The van der Waals surface area contributed by atoms with Gasteiger partial charge in [0.05, 0.1) is 4.88 Å². The van der Waals surface area contributed by atoms with E-state index in [9.17, 15) is 4.79 Å². The number of nitrogens with two attached hydrogens (primary N) is 1. The van der Waals surface area contributed by atoms with Gasteiger partial charge >= 0.3 is 0 Å². The lowest BCUT2D eigenvalue weighted by molar-refractivity contribution is 0.0964. The van der Waals surface area contributed by atoms with Gasteiger partial charge in [-0.25, -0.2) is 0 Å². The lowest BCUT2D eigenvalue weighted by Crippen LogP contribution is -2.17. The zero-order valence-corrected chi connectivity index (χ0v) is 10.5. The largest absolute Gasteiger partial charge is 0.330 e. The molecule has 0 aliphatic carbocycles. The number of ketones is 1. The van der Waals surface area contributed by atoms with Crippen molar-refractivity contribution in [2.75, 3.05) is 6.54 Å². The van der Waals surface area contributed by atoms with Crippen LogP contribution in [0.1, 0.15) is 29.4 Å². The van der Waals surface area contributed by atoms with Gasteiger partial charge in [0.1, 0.15) is 0 Å². The van der Waals surface area contributed by atoms with Crippen LogP contribution in [0.5, 0.6) is 0 Å². The first kappa shape index (κ1) is 11.9. The van der Waals surface area contributed by atoms with Crippen molar-refractivity contribution in [3.63, 3.8) is 0 Å². The van der Waals surface area contributed by atoms with E-state index < -0.39 is 0 Å². The van der Waals surface area contributed by atoms with Gasteiger partial charge in [0.2, 0.25) is 0 Å². The van der Waals surface area contributed by atoms with Crippen molar-refractivity contribution in [3.05, 3.63) is 20.8 Å². The molecule has 0 fully saturated rings. The van der Waals surface area contributed by atoms with Crippen molar-refractivity contribution in [2.45, 2.75) is 19.8 Å². The summed E-state index contributed by atoms with van der Waals surface area (Å²) in [6.45, 7) is 2.65. The van der Waals surface area contributed by atoms with Gasteiger partial charge in [-0.2, -0.15) is 0 Å². The predicted molar refractivity (Wildman–Crippen MR) is 63.8 cm³/mol. The number of thiophene rings is 1. The Balaban J connectivity index is 2.63. The smallest absolute Gasteiger partial charge is 0.174 e. The lowest BCUT2D eigenvalue weighted by Gasteiger charge is -2.09. The van der Waals surface area contributed by atoms with Gasteiger partial charge in [0.15, 0.2) is 5.78 Å². The molecule has 1 aromatic rings. The Kier molecular flexibility index (Phi) is 4.78. The molecule has 0 saturated carbocycles. The van der Waals surface area contributed by atoms with Crippen LogP contribution in [-0.2, 0) is 0 Å². The van der Waals surface area contributed by atoms with Crippen molar-refractivity contribution < 1.29 is 4.79 Å². The summed E-state index contributed by atoms with van der Waals surface area (Å²) in [5.74, 6) is 0.515. The van der Waals surface area contributed by atoms with Gasteiger partial charge in [0, 0.05) is 10.9 Å². The molecule has 0 saturated heterocycles. The molecule has 1 aromatic heterocycles. The van der Waals surface area contributed by atoms with E-state index in [4.69, 9.17) is 5.73 Å². The van der Waals surface area contributed by atoms with E-state index in [0.717, 1.165) is 15.8 Å². The van der Waals surface area contributed by atoms with Crippen LogP contribution in [0.2, 0.25) is 0 Å². The number of hydrogen-bond acceptors (Lipinski definition) is 3. The topological polar surface area (TPSA) is 43.1 Å². The van der Waals surface area contributed by atoms with Crippen molar-refractivity contribution in [3.8, 4) is 0 Å². The van der Waals surface area contributed by atoms with Crippen LogP contribution >= 0.6 is 27.3 Å². The van der Waals surface area contributed by atoms with Crippen LogP contribution in [0.4, 0.5) is 0 Å². The predicted octanol–water partition coefficient (Wildman–Crippen LogP) is 3.07. The minimum atomic E-state index is 0.198. The molecule has 0 spiro atoms. The molecule has 2 N–H and O–H groups in total. The SMILES string of the molecule is CCC(CN)CC(=O)c1sccc1Br. The Morgan fingerprint density at radius 2 is 2.43 bits per heavy atom. The van der Waals surface area contributed by atoms with Crippen LogP contribution in [-0.4, -0.2) is 12.3 Å². The fourth-order valence-electron chi connectivity index (χ4n) is 1.24. The highest BCUT2D eigenvalue weighted by Gasteiger charge is 2.15. The summed E-state index contributed by atoms with van der Waals surface area (Å²) in [5.41, 5.74) is 5.56. The molecule has 1 rings (SSSR count). The second-order valence-electron chi connectivity index (χ2n) is 3.23. The van der Waals surface area contributed by atoms with Crippen LogP contribution in [0.3, 0.4) is 0 Å². The Morgan fingerprint density at radius 1 is 1.71 bits per heavy atom. The maximum Gasteiger partial charge on any atom is 0.174 e. The van der Waals surface area contributed by atoms with Crippen molar-refractivity contribution >= 4 is 33.0 Å². The van der Waals surface area contributed by atoms with E-state index in [1.165, 1.54) is 11.3 Å². The number of carbonyl (C=O) groups excluding carboxylic acids is 1. The molecule has 0 aromatic carbocycles. The monoisotopic (exact) mass is 275 g/mol. The van der Waals surface area contributed by atoms with E-state index in [-0.39, 0.29) is 5.78 Å². The molecule has 0 amide bonds. The first-order valence-electron chi connectivity index (χ1n) is 4.65. The van der Waals surface area contributed by atoms with E-state index >= 15 is 0 Å². The summed E-state index contributed by atoms with van der Waals surface area (Å²) in [6, 6.07) is 1.90. The van der Waals surface area contributed by atoms with Crippen LogP contribution in [0, 0.1) is 5.92 Å². The highest BCUT2D eigenvalue weighted by Crippen LogP contribution is 2.25. The molecule has 0 aliphatic rings. The number of carbonyl (C=O) groups is 1. The molecule has 4 heteroatoms. The van der Waals surface area contributed by atoms with Crippen LogP contribution < -0.4 is 5.73 Å². The fourth-order valence-corrected chi connectivity index (χ4v) is 2.79. The number of Topliss-reactive ketones (excluding diaryl/α,β-unsaturated/α-hetero) is 1. The van der Waals surface area contributed by atoms with Crippen molar-refractivity contribution in [1.82, 2.24) is 0 Å². The summed E-state index contributed by atoms with van der Waals surface area (Å²) in [5, 5.41) is 1.92. The summed E-state index contributed by atoms with van der Waals surface area (Å²) in [7, 11) is 0. The maximum atomic E-state index is 11.8. The minimum absolute atomic E-state index is 0.198. The third-order valence-corrected chi connectivity index (χ3v) is 4.13. The summed E-state index contributed by atoms with van der Waals surface area (Å²) >= 11 is 4.84. The third-order valence-electron chi connectivity index (χ3n) is 2.26. The van der Waals surface area contributed by atoms with E-state index in [1.54, 1.807) is 0 Å². The molecule has 14 heavy (non-hydrogen) atoms. The molecule has 1 heterocycles. The third kappa shape index (κ3) is 2.90. The molecule has 1 unspecified atom stereocenters. The molecular formula is C10H14BrNOS. The average Bonchev–Trinajstić information content (AvgIpc) is 2.60. The number of rotatable bonds is 5. The lowest BCUT2D eigenvalue weighted by atomic mass is 9.99. The molecule has 1 atom stereocenters. The van der Waals surface area contributed by atoms with Crippen LogP contribution in [0.25, 0.3) is 0 Å². The Bertz CT molecular complexity index is 307. The highest BCUT2D eigenvalue weighted by molar-refractivity contribution is 9.10. The number of halogens is 1. The zero-order valence-electron chi connectivity index (χ0n) is 8.13. The van der Waals surface area contributed by atoms with E-state index in [1.807, 2.05) is 11.4 Å². The average molecular weight is 276 g/mol. The van der Waals surface area contributed by atoms with E-state index in [0.29, 0.717) is 18.9 Å². The quantitative estimate of drug-likeness (QED) is 0.840. The van der Waals surface area contributed by atoms with E-state index in [2.05, 4.69) is 22.9 Å². The normalized spacial score (nSPS) is 12.8. The van der Waals surface area contributed by atoms with Gasteiger partial charge in [-0.1, -0.05) is 13.3 Å². The first-order valence-corrected chi connectivity index (χ1v) is 6.32. The van der Waals surface area contributed by atoms with Gasteiger partial charge in [-0.05, 0) is 39.8 Å². The van der Waals surface area contributed by atoms with Gasteiger partial charge in [-0.15, -0.1) is 11.3 Å². The number of hydrogen-bond donors (Lipinski definition) is 1. The van der Waals surface area contributed by atoms with Crippen molar-refractivity contribution in [2.24, 2.45) is 11.7 Å². The van der Waals surface area contributed by atoms with Gasteiger partial charge < -0.3 is 5.73 Å². The zero-order chi connectivity index (χ0) is 10.6. The summed E-state index contributed by atoms with van der Waals surface area (Å²) in [4.78, 5) is 12.6. The molecule has 0 radical (unpaired) electrons. The fraction of sp³-hybridized carbons (Fsp3) is 0.500. The molecule has 0 aliphatic heterocycles. The summed E-state index contributed by atoms with van der Waals surface area (Å²) in [6.07, 6.45) is 1.53. The molecule has 78 valence electrons. The summed E-state index contributed by atoms with van der Waals surface area (Å²) < 4.78 is 0.902. The maximum absolute atomic E-state index is 11.8. The van der Waals surface area contributed by atoms with Gasteiger partial charge in [-0.3, -0.25) is 4.79 Å². The molecular weight excluding hydrogens is 262 g/mol. The van der Waals surface area contributed by atoms with Crippen molar-refractivity contribution in [1.29, 1.82) is 0 Å². The Hall–Kier alpha value is -0.190. The van der Waals surface area contributed by atoms with Crippen LogP contribution in [0.15, 0.2) is 15.9 Å². The second kappa shape index (κ2) is 5.63. The first-order chi connectivity index (χ1) is 6.69. The van der Waals surface area contributed by atoms with Gasteiger partial charge in [0.25, 0.3) is 0 Å².